The average Bonchev–Trinajstić information content (AvgIpc) is 2.48. The van der Waals surface area contributed by atoms with Gasteiger partial charge in [0.25, 0.3) is 0 Å². The number of halogens is 3. The first-order valence-electron chi connectivity index (χ1n) is 5.88. The van der Waals surface area contributed by atoms with E-state index >= 15 is 0 Å². The summed E-state index contributed by atoms with van der Waals surface area (Å²) in [4.78, 5) is -0.0210. The van der Waals surface area contributed by atoms with Crippen LogP contribution in [0.2, 0.25) is 5.02 Å². The van der Waals surface area contributed by atoms with Crippen LogP contribution in [0.3, 0.4) is 0 Å². The Kier molecular flexibility index (Phi) is 5.35. The molecule has 1 unspecified atom stereocenters. The standard InChI is InChI=1S/C15H13Br2ClO2/c1-19-12-7-6-9(8-13(12)20-2)14(17)10-4-3-5-11(16)15(10)18/h3-8,14H,1-2H3. The fourth-order valence-corrected chi connectivity index (χ4v) is 3.32. The maximum atomic E-state index is 6.34. The Morgan fingerprint density at radius 3 is 2.40 bits per heavy atom. The van der Waals surface area contributed by atoms with Gasteiger partial charge in [-0.15, -0.1) is 0 Å². The van der Waals surface area contributed by atoms with Crippen molar-refractivity contribution in [3.63, 3.8) is 0 Å². The molecule has 20 heavy (non-hydrogen) atoms. The van der Waals surface area contributed by atoms with Crippen molar-refractivity contribution in [3.05, 3.63) is 57.0 Å². The minimum atomic E-state index is -0.0210. The number of ether oxygens (including phenoxy) is 2. The monoisotopic (exact) mass is 418 g/mol. The van der Waals surface area contributed by atoms with Crippen molar-refractivity contribution < 1.29 is 9.47 Å². The minimum Gasteiger partial charge on any atom is -0.493 e. The molecule has 0 spiro atoms. The van der Waals surface area contributed by atoms with Crippen LogP contribution in [0.4, 0.5) is 0 Å². The highest BCUT2D eigenvalue weighted by Gasteiger charge is 2.17. The normalized spacial score (nSPS) is 12.1. The molecule has 0 aliphatic carbocycles. The summed E-state index contributed by atoms with van der Waals surface area (Å²) in [6.07, 6.45) is 0. The molecule has 0 bridgehead atoms. The number of benzene rings is 2. The molecular formula is C15H13Br2ClO2. The van der Waals surface area contributed by atoms with Gasteiger partial charge in [0.2, 0.25) is 0 Å². The lowest BCUT2D eigenvalue weighted by Crippen LogP contribution is -1.97. The third-order valence-electron chi connectivity index (χ3n) is 2.95. The van der Waals surface area contributed by atoms with Crippen molar-refractivity contribution in [2.75, 3.05) is 14.2 Å². The van der Waals surface area contributed by atoms with Crippen LogP contribution in [0.1, 0.15) is 16.0 Å². The topological polar surface area (TPSA) is 18.5 Å². The van der Waals surface area contributed by atoms with E-state index in [1.54, 1.807) is 14.2 Å². The van der Waals surface area contributed by atoms with Crippen LogP contribution in [0.25, 0.3) is 0 Å². The predicted molar refractivity (Wildman–Crippen MR) is 89.5 cm³/mol. The van der Waals surface area contributed by atoms with Crippen LogP contribution in [0.5, 0.6) is 11.5 Å². The molecule has 0 aromatic heterocycles. The van der Waals surface area contributed by atoms with Crippen molar-refractivity contribution in [2.45, 2.75) is 4.83 Å². The van der Waals surface area contributed by atoms with Gasteiger partial charge in [-0.1, -0.05) is 45.7 Å². The number of methoxy groups -OCH3 is 2. The van der Waals surface area contributed by atoms with Gasteiger partial charge >= 0.3 is 0 Å². The zero-order chi connectivity index (χ0) is 14.7. The maximum Gasteiger partial charge on any atom is 0.161 e. The Morgan fingerprint density at radius 2 is 1.75 bits per heavy atom. The molecule has 0 radical (unpaired) electrons. The van der Waals surface area contributed by atoms with E-state index in [4.69, 9.17) is 21.1 Å². The first-order valence-corrected chi connectivity index (χ1v) is 7.97. The molecule has 106 valence electrons. The van der Waals surface area contributed by atoms with Crippen molar-refractivity contribution in [1.82, 2.24) is 0 Å². The highest BCUT2D eigenvalue weighted by atomic mass is 79.9. The van der Waals surface area contributed by atoms with Crippen molar-refractivity contribution in [3.8, 4) is 11.5 Å². The van der Waals surface area contributed by atoms with Crippen LogP contribution >= 0.6 is 43.5 Å². The van der Waals surface area contributed by atoms with Gasteiger partial charge in [0.15, 0.2) is 11.5 Å². The lowest BCUT2D eigenvalue weighted by atomic mass is 10.0. The Balaban J connectivity index is 2.43. The lowest BCUT2D eigenvalue weighted by Gasteiger charge is -2.15. The highest BCUT2D eigenvalue weighted by Crippen LogP contribution is 2.40. The predicted octanol–water partition coefficient (Wildman–Crippen LogP) is 5.60. The molecule has 0 heterocycles. The number of alkyl halides is 1. The van der Waals surface area contributed by atoms with Crippen molar-refractivity contribution in [2.24, 2.45) is 0 Å². The molecule has 1 atom stereocenters. The van der Waals surface area contributed by atoms with Crippen LogP contribution in [-0.2, 0) is 0 Å². The third-order valence-corrected chi connectivity index (χ3v) is 5.29. The summed E-state index contributed by atoms with van der Waals surface area (Å²) in [5.41, 5.74) is 2.04. The van der Waals surface area contributed by atoms with Gasteiger partial charge in [0.05, 0.1) is 24.1 Å². The second-order valence-electron chi connectivity index (χ2n) is 4.12. The van der Waals surface area contributed by atoms with Crippen LogP contribution < -0.4 is 9.47 Å². The summed E-state index contributed by atoms with van der Waals surface area (Å²) in [5.74, 6) is 1.40. The van der Waals surface area contributed by atoms with Crippen LogP contribution in [0.15, 0.2) is 40.9 Å². The average molecular weight is 421 g/mol. The molecule has 0 N–H and O–H groups in total. The Labute approximate surface area is 140 Å². The Morgan fingerprint density at radius 1 is 1.05 bits per heavy atom. The summed E-state index contributed by atoms with van der Waals surface area (Å²) in [6.45, 7) is 0. The molecule has 0 fully saturated rings. The minimum absolute atomic E-state index is 0.0210. The van der Waals surface area contributed by atoms with Gasteiger partial charge in [-0.25, -0.2) is 0 Å². The largest absolute Gasteiger partial charge is 0.493 e. The Hall–Kier alpha value is -0.710. The molecule has 2 aromatic carbocycles. The van der Waals surface area contributed by atoms with Crippen molar-refractivity contribution >= 4 is 43.5 Å². The Bertz CT molecular complexity index is 617. The van der Waals surface area contributed by atoms with Gasteiger partial charge in [-0.2, -0.15) is 0 Å². The van der Waals surface area contributed by atoms with Crippen molar-refractivity contribution in [1.29, 1.82) is 0 Å². The first-order chi connectivity index (χ1) is 9.58. The zero-order valence-corrected chi connectivity index (χ0v) is 14.9. The first kappa shape index (κ1) is 15.7. The van der Waals surface area contributed by atoms with Gasteiger partial charge in [0, 0.05) is 4.47 Å². The fraction of sp³-hybridized carbons (Fsp3) is 0.200. The summed E-state index contributed by atoms with van der Waals surface area (Å²) < 4.78 is 11.5. The molecule has 5 heteroatoms. The summed E-state index contributed by atoms with van der Waals surface area (Å²) >= 11 is 13.5. The zero-order valence-electron chi connectivity index (χ0n) is 11.0. The van der Waals surface area contributed by atoms with E-state index in [0.717, 1.165) is 15.6 Å². The molecule has 2 aromatic rings. The molecule has 0 amide bonds. The van der Waals surface area contributed by atoms with E-state index < -0.39 is 0 Å². The van der Waals surface area contributed by atoms with Crippen LogP contribution in [-0.4, -0.2) is 14.2 Å². The van der Waals surface area contributed by atoms with Gasteiger partial charge < -0.3 is 9.47 Å². The van der Waals surface area contributed by atoms with E-state index in [1.807, 2.05) is 36.4 Å². The lowest BCUT2D eigenvalue weighted by molar-refractivity contribution is 0.354. The molecule has 0 aliphatic rings. The second-order valence-corrected chi connectivity index (χ2v) is 6.27. The third kappa shape index (κ3) is 3.13. The maximum absolute atomic E-state index is 6.34. The summed E-state index contributed by atoms with van der Waals surface area (Å²) in [7, 11) is 3.24. The van der Waals surface area contributed by atoms with E-state index in [1.165, 1.54) is 0 Å². The molecule has 0 saturated carbocycles. The summed E-state index contributed by atoms with van der Waals surface area (Å²) in [6, 6.07) is 11.7. The number of hydrogen-bond donors (Lipinski definition) is 0. The van der Waals surface area contributed by atoms with Gasteiger partial charge in [-0.05, 0) is 45.3 Å². The van der Waals surface area contributed by atoms with Crippen LogP contribution in [0, 0.1) is 0 Å². The summed E-state index contributed by atoms with van der Waals surface area (Å²) in [5, 5.41) is 0.698. The molecule has 2 nitrogen and oxygen atoms in total. The highest BCUT2D eigenvalue weighted by molar-refractivity contribution is 9.10. The van der Waals surface area contributed by atoms with Gasteiger partial charge in [-0.3, -0.25) is 0 Å². The smallest absolute Gasteiger partial charge is 0.161 e. The van der Waals surface area contributed by atoms with E-state index in [0.29, 0.717) is 16.5 Å². The number of hydrogen-bond acceptors (Lipinski definition) is 2. The van der Waals surface area contributed by atoms with E-state index in [2.05, 4.69) is 31.9 Å². The number of rotatable bonds is 4. The van der Waals surface area contributed by atoms with Gasteiger partial charge in [0.1, 0.15) is 0 Å². The van der Waals surface area contributed by atoms with E-state index in [-0.39, 0.29) is 4.83 Å². The molecule has 0 aliphatic heterocycles. The molecule has 0 saturated heterocycles. The fourth-order valence-electron chi connectivity index (χ4n) is 1.91. The molecular weight excluding hydrogens is 407 g/mol. The quantitative estimate of drug-likeness (QED) is 0.599. The van der Waals surface area contributed by atoms with E-state index in [9.17, 15) is 0 Å². The molecule has 2 rings (SSSR count). The SMILES string of the molecule is COc1ccc(C(Br)c2cccc(Br)c2Cl)cc1OC. The second kappa shape index (κ2) is 6.83.